The molecule has 0 saturated carbocycles. The Kier molecular flexibility index (Phi) is 8.25. The molecule has 1 saturated heterocycles. The Bertz CT molecular complexity index is 1050. The van der Waals surface area contributed by atoms with Gasteiger partial charge in [0.2, 0.25) is 0 Å². The maximum Gasteiger partial charge on any atom is 0.416 e. The fourth-order valence-electron chi connectivity index (χ4n) is 3.81. The van der Waals surface area contributed by atoms with Crippen LogP contribution in [0.3, 0.4) is 0 Å². The summed E-state index contributed by atoms with van der Waals surface area (Å²) in [4.78, 5) is 13.8. The number of alkyl halides is 3. The first kappa shape index (κ1) is 26.0. The summed E-state index contributed by atoms with van der Waals surface area (Å²) >= 11 is 0. The van der Waals surface area contributed by atoms with E-state index in [2.05, 4.69) is 24.0 Å². The first-order valence-corrected chi connectivity index (χ1v) is 12.8. The van der Waals surface area contributed by atoms with Crippen molar-refractivity contribution in [1.29, 1.82) is 0 Å². The number of aryl methyl sites for hydroxylation is 2. The molecule has 0 amide bonds. The highest BCUT2D eigenvalue weighted by molar-refractivity contribution is 7.96. The Labute approximate surface area is 202 Å². The van der Waals surface area contributed by atoms with Crippen LogP contribution >= 0.6 is 0 Å². The Morgan fingerprint density at radius 3 is 2.15 bits per heavy atom. The van der Waals surface area contributed by atoms with Gasteiger partial charge in [-0.25, -0.2) is 4.79 Å². The zero-order valence-electron chi connectivity index (χ0n) is 20.0. The van der Waals surface area contributed by atoms with Crippen molar-refractivity contribution in [3.05, 3.63) is 58.7 Å². The molecule has 0 unspecified atom stereocenters. The molecule has 0 aromatic heterocycles. The zero-order chi connectivity index (χ0) is 24.9. The maximum atomic E-state index is 12.7. The van der Waals surface area contributed by atoms with Crippen LogP contribution in [0.1, 0.15) is 55.4 Å². The number of carbonyl (C=O) groups is 1. The number of esters is 1. The molecule has 2 aromatic carbocycles. The summed E-state index contributed by atoms with van der Waals surface area (Å²) in [7, 11) is 0.295. The molecule has 0 atom stereocenters. The van der Waals surface area contributed by atoms with Gasteiger partial charge in [-0.05, 0) is 94.5 Å². The number of halogens is 3. The Morgan fingerprint density at radius 2 is 1.59 bits per heavy atom. The highest BCUT2D eigenvalue weighted by Crippen LogP contribution is 2.31. The standard InChI is InChI=1S/C27H30F3O3S/c1-19-16-23(34-14-6-5-7-15-34)17-20(2)25(19)32-18-24(31)33-26(3,4)13-12-21-8-10-22(11-9-21)27(28,29)30/h8-11,16-17H,5-7,14-15,18H2,1-4H3/q+1. The fourth-order valence-corrected chi connectivity index (χ4v) is 6.28. The number of rotatable bonds is 5. The molecule has 0 aliphatic carbocycles. The number of carbonyl (C=O) groups excluding carboxylic acids is 1. The van der Waals surface area contributed by atoms with E-state index in [4.69, 9.17) is 9.47 Å². The van der Waals surface area contributed by atoms with Crippen molar-refractivity contribution in [3.63, 3.8) is 0 Å². The fraction of sp³-hybridized carbons (Fsp3) is 0.444. The van der Waals surface area contributed by atoms with Gasteiger partial charge in [0.25, 0.3) is 0 Å². The summed E-state index contributed by atoms with van der Waals surface area (Å²) in [5.41, 5.74) is 0.542. The third kappa shape index (κ3) is 7.20. The molecule has 0 spiro atoms. The predicted octanol–water partition coefficient (Wildman–Crippen LogP) is 6.24. The van der Waals surface area contributed by atoms with Crippen molar-refractivity contribution < 1.29 is 27.4 Å². The summed E-state index contributed by atoms with van der Waals surface area (Å²) in [5, 5.41) is 0. The van der Waals surface area contributed by atoms with Crippen molar-refractivity contribution in [1.82, 2.24) is 0 Å². The van der Waals surface area contributed by atoms with E-state index in [1.54, 1.807) is 13.8 Å². The van der Waals surface area contributed by atoms with Gasteiger partial charge in [0, 0.05) is 16.5 Å². The van der Waals surface area contributed by atoms with Gasteiger partial charge in [0.1, 0.15) is 17.3 Å². The highest BCUT2D eigenvalue weighted by atomic mass is 32.2. The molecular weight excluding hydrogens is 461 g/mol. The monoisotopic (exact) mass is 491 g/mol. The molecule has 182 valence electrons. The summed E-state index contributed by atoms with van der Waals surface area (Å²) in [6.45, 7) is 6.97. The van der Waals surface area contributed by atoms with Crippen LogP contribution in [-0.4, -0.2) is 29.7 Å². The molecule has 34 heavy (non-hydrogen) atoms. The molecule has 2 aromatic rings. The van der Waals surface area contributed by atoms with Crippen LogP contribution in [0.5, 0.6) is 5.75 Å². The second-order valence-corrected chi connectivity index (χ2v) is 11.2. The van der Waals surface area contributed by atoms with E-state index in [1.807, 2.05) is 13.8 Å². The van der Waals surface area contributed by atoms with Crippen LogP contribution in [0.15, 0.2) is 41.3 Å². The van der Waals surface area contributed by atoms with Gasteiger partial charge in [-0.1, -0.05) is 11.8 Å². The average Bonchev–Trinajstić information content (AvgIpc) is 2.77. The predicted molar refractivity (Wildman–Crippen MR) is 129 cm³/mol. The molecule has 1 aliphatic heterocycles. The first-order valence-electron chi connectivity index (χ1n) is 11.3. The molecule has 3 nitrogen and oxygen atoms in total. The van der Waals surface area contributed by atoms with Gasteiger partial charge in [0.15, 0.2) is 17.1 Å². The van der Waals surface area contributed by atoms with Crippen molar-refractivity contribution >= 4 is 16.9 Å². The second kappa shape index (κ2) is 10.8. The van der Waals surface area contributed by atoms with Gasteiger partial charge in [-0.15, -0.1) is 0 Å². The minimum Gasteiger partial charge on any atom is -0.481 e. The smallest absolute Gasteiger partial charge is 0.416 e. The summed E-state index contributed by atoms with van der Waals surface area (Å²) < 4.78 is 49.3. The highest BCUT2D eigenvalue weighted by Gasteiger charge is 2.30. The van der Waals surface area contributed by atoms with Gasteiger partial charge in [-0.3, -0.25) is 0 Å². The van der Waals surface area contributed by atoms with Crippen LogP contribution < -0.4 is 4.74 Å². The van der Waals surface area contributed by atoms with Crippen molar-refractivity contribution in [2.75, 3.05) is 18.1 Å². The molecule has 0 bridgehead atoms. The zero-order valence-corrected chi connectivity index (χ0v) is 20.8. The van der Waals surface area contributed by atoms with Gasteiger partial charge >= 0.3 is 12.1 Å². The molecule has 7 heteroatoms. The normalized spacial score (nSPS) is 14.8. The first-order chi connectivity index (χ1) is 15.9. The Morgan fingerprint density at radius 1 is 1.00 bits per heavy atom. The van der Waals surface area contributed by atoms with Crippen molar-refractivity contribution in [3.8, 4) is 17.6 Å². The lowest BCUT2D eigenvalue weighted by molar-refractivity contribution is -0.154. The van der Waals surface area contributed by atoms with Gasteiger partial charge < -0.3 is 9.47 Å². The largest absolute Gasteiger partial charge is 0.481 e. The molecule has 1 aliphatic rings. The van der Waals surface area contributed by atoms with E-state index in [-0.39, 0.29) is 6.61 Å². The van der Waals surface area contributed by atoms with Gasteiger partial charge in [-0.2, -0.15) is 13.2 Å². The third-order valence-corrected chi connectivity index (χ3v) is 7.94. The van der Waals surface area contributed by atoms with E-state index >= 15 is 0 Å². The molecule has 1 heterocycles. The maximum absolute atomic E-state index is 12.7. The molecule has 0 radical (unpaired) electrons. The SMILES string of the molecule is Cc1cc([S+]2CCCCC2)cc(C)c1OCC(=O)OC(C)(C)C#Cc1ccc(C(F)(F)F)cc1. The van der Waals surface area contributed by atoms with Crippen molar-refractivity contribution in [2.24, 2.45) is 0 Å². The number of ether oxygens (including phenoxy) is 2. The number of hydrogen-bond donors (Lipinski definition) is 0. The van der Waals surface area contributed by atoms with Crippen LogP contribution in [0.2, 0.25) is 0 Å². The van der Waals surface area contributed by atoms with Crippen LogP contribution in [0, 0.1) is 25.7 Å². The van der Waals surface area contributed by atoms with E-state index in [0.717, 1.165) is 23.3 Å². The van der Waals surface area contributed by atoms with E-state index in [1.165, 1.54) is 47.8 Å². The van der Waals surface area contributed by atoms with E-state index < -0.39 is 23.3 Å². The number of hydrogen-bond acceptors (Lipinski definition) is 3. The molecule has 3 rings (SSSR count). The van der Waals surface area contributed by atoms with Crippen LogP contribution in [-0.2, 0) is 26.6 Å². The Hall–Kier alpha value is -2.59. The quantitative estimate of drug-likeness (QED) is 0.282. The van der Waals surface area contributed by atoms with Crippen LogP contribution in [0.25, 0.3) is 0 Å². The minimum atomic E-state index is -4.39. The second-order valence-electron chi connectivity index (χ2n) is 8.95. The lowest BCUT2D eigenvalue weighted by atomic mass is 10.1. The minimum absolute atomic E-state index is 0.252. The molecule has 1 fully saturated rings. The topological polar surface area (TPSA) is 35.5 Å². The average molecular weight is 492 g/mol. The summed E-state index contributed by atoms with van der Waals surface area (Å²) in [6, 6.07) is 8.87. The van der Waals surface area contributed by atoms with Gasteiger partial charge in [0.05, 0.1) is 5.56 Å². The van der Waals surface area contributed by atoms with E-state index in [9.17, 15) is 18.0 Å². The lowest BCUT2D eigenvalue weighted by Gasteiger charge is -2.20. The van der Waals surface area contributed by atoms with Crippen LogP contribution in [0.4, 0.5) is 13.2 Å². The third-order valence-electron chi connectivity index (χ3n) is 5.47. The summed E-state index contributed by atoms with van der Waals surface area (Å²) in [6.07, 6.45) is -0.518. The molecular formula is C27H30F3O3S+. The lowest BCUT2D eigenvalue weighted by Crippen LogP contribution is -2.29. The van der Waals surface area contributed by atoms with Crippen molar-refractivity contribution in [2.45, 2.75) is 63.6 Å². The summed E-state index contributed by atoms with van der Waals surface area (Å²) in [5.74, 6) is 8.18. The number of benzene rings is 2. The Balaban J connectivity index is 1.58. The van der Waals surface area contributed by atoms with E-state index in [0.29, 0.717) is 22.2 Å². The molecule has 0 N–H and O–H groups in total.